The average molecular weight is 556 g/mol. The zero-order valence-corrected chi connectivity index (χ0v) is 19.6. The highest BCUT2D eigenvalue weighted by molar-refractivity contribution is 7.94. The second-order valence-corrected chi connectivity index (χ2v) is 12.1. The summed E-state index contributed by atoms with van der Waals surface area (Å²) in [4.78, 5) is -2.16. The predicted octanol–water partition coefficient (Wildman–Crippen LogP) is 2.78. The molecule has 9 nitrogen and oxygen atoms in total. The third-order valence-electron chi connectivity index (χ3n) is 4.23. The van der Waals surface area contributed by atoms with E-state index in [0.717, 1.165) is 42.5 Å². The number of halogens is 3. The average Bonchev–Trinajstić information content (AvgIpc) is 2.71. The van der Waals surface area contributed by atoms with Crippen molar-refractivity contribution in [2.24, 2.45) is 0 Å². The summed E-state index contributed by atoms with van der Waals surface area (Å²) in [6.07, 6.45) is 0. The molecule has 16 heteroatoms. The minimum absolute atomic E-state index is 0.0497. The molecule has 0 fully saturated rings. The molecule has 0 bridgehead atoms. The minimum atomic E-state index is -4.89. The van der Waals surface area contributed by atoms with Crippen LogP contribution in [0.15, 0.2) is 69.3 Å². The summed E-state index contributed by atoms with van der Waals surface area (Å²) in [6.45, 7) is 0. The summed E-state index contributed by atoms with van der Waals surface area (Å²) in [5.74, 6) is -3.54. The Bertz CT molecular complexity index is 1370. The van der Waals surface area contributed by atoms with Gasteiger partial charge in [-0.3, -0.25) is 9.11 Å². The maximum atomic E-state index is 14.6. The van der Waals surface area contributed by atoms with Crippen molar-refractivity contribution >= 4 is 56.1 Å². The summed E-state index contributed by atoms with van der Waals surface area (Å²) >= 11 is 0.324. The van der Waals surface area contributed by atoms with Crippen LogP contribution in [-0.4, -0.2) is 31.2 Å². The van der Waals surface area contributed by atoms with Gasteiger partial charge in [-0.25, -0.2) is 18.4 Å². The van der Waals surface area contributed by atoms with Gasteiger partial charge < -0.3 is 0 Å². The van der Waals surface area contributed by atoms with E-state index in [0.29, 0.717) is 12.0 Å². The van der Waals surface area contributed by atoms with Gasteiger partial charge in [-0.05, 0) is 60.2 Å². The van der Waals surface area contributed by atoms with Crippen molar-refractivity contribution in [1.82, 2.24) is 0 Å². The molecule has 0 amide bonds. The van der Waals surface area contributed by atoms with Crippen molar-refractivity contribution in [3.63, 3.8) is 0 Å². The van der Waals surface area contributed by atoms with Gasteiger partial charge in [0, 0.05) is 0 Å². The van der Waals surface area contributed by atoms with Crippen LogP contribution in [0.3, 0.4) is 0 Å². The molecule has 0 saturated carbocycles. The molecule has 0 spiro atoms. The number of hydrogen-bond donors (Lipinski definition) is 3. The van der Waals surface area contributed by atoms with Crippen LogP contribution in [0.5, 0.6) is 0 Å². The molecule has 3 N–H and O–H groups in total. The van der Waals surface area contributed by atoms with E-state index in [9.17, 15) is 30.0 Å². The lowest BCUT2D eigenvalue weighted by molar-refractivity contribution is -0.432. The van der Waals surface area contributed by atoms with Crippen LogP contribution >= 0.6 is 20.0 Å². The van der Waals surface area contributed by atoms with Crippen molar-refractivity contribution in [2.45, 2.75) is 14.7 Å². The van der Waals surface area contributed by atoms with Gasteiger partial charge in [-0.2, -0.15) is 16.8 Å². The van der Waals surface area contributed by atoms with Crippen LogP contribution in [0, 0.1) is 17.5 Å². The van der Waals surface area contributed by atoms with E-state index in [2.05, 4.69) is 9.37 Å². The molecule has 3 aromatic carbocycles. The van der Waals surface area contributed by atoms with Gasteiger partial charge in [-0.15, -0.1) is 4.33 Å². The highest BCUT2D eigenvalue weighted by atomic mass is 32.2. The normalized spacial score (nSPS) is 12.3. The van der Waals surface area contributed by atoms with Gasteiger partial charge in [0.05, 0.1) is 16.9 Å². The smallest absolute Gasteiger partial charge is 0.282 e. The quantitative estimate of drug-likeness (QED) is 0.124. The summed E-state index contributed by atoms with van der Waals surface area (Å²) in [7, 11) is -11.8. The molecule has 0 aliphatic rings. The summed E-state index contributed by atoms with van der Waals surface area (Å²) in [5, 5.41) is 11.9. The SMILES string of the molecule is O=S(=O)(O)c1ccc(P(c2ccc(SOOO)c(F)c2)c2ccc(S(=O)(=O)O)c(F)c2)cc1F. The lowest BCUT2D eigenvalue weighted by atomic mass is 10.3. The second-order valence-electron chi connectivity index (χ2n) is 6.36. The molecule has 0 aromatic heterocycles. The van der Waals surface area contributed by atoms with Gasteiger partial charge in [-0.1, -0.05) is 23.2 Å². The standard InChI is InChI=1S/C18H12F3O9PS3/c19-13-7-10(1-4-16(13)32-30-29-22)31(11-2-5-17(14(20)8-11)33(23,24)25)12-3-6-18(15(21)9-12)34(26,27)28/h1-9,22H,(H,23,24,25)(H,26,27,28). The Morgan fingerprint density at radius 3 is 1.47 bits per heavy atom. The van der Waals surface area contributed by atoms with Crippen LogP contribution in [0.2, 0.25) is 0 Å². The van der Waals surface area contributed by atoms with Gasteiger partial charge in [0.25, 0.3) is 20.2 Å². The lowest BCUT2D eigenvalue weighted by Gasteiger charge is -2.20. The van der Waals surface area contributed by atoms with Crippen LogP contribution in [0.4, 0.5) is 13.2 Å². The van der Waals surface area contributed by atoms with Crippen molar-refractivity contribution in [3.05, 3.63) is 72.0 Å². The first-order chi connectivity index (χ1) is 15.8. The maximum Gasteiger partial charge on any atom is 0.297 e. The Morgan fingerprint density at radius 2 is 1.12 bits per heavy atom. The number of benzene rings is 3. The van der Waals surface area contributed by atoms with Gasteiger partial charge in [0.15, 0.2) is 0 Å². The highest BCUT2D eigenvalue weighted by Gasteiger charge is 2.25. The Balaban J connectivity index is 2.20. The predicted molar refractivity (Wildman–Crippen MR) is 115 cm³/mol. The van der Waals surface area contributed by atoms with E-state index in [1.165, 1.54) is 12.1 Å². The first-order valence-corrected chi connectivity index (χ1v) is 13.6. The Morgan fingerprint density at radius 1 is 0.706 bits per heavy atom. The van der Waals surface area contributed by atoms with Crippen molar-refractivity contribution in [1.29, 1.82) is 0 Å². The molecule has 0 heterocycles. The fourth-order valence-electron chi connectivity index (χ4n) is 2.87. The van der Waals surface area contributed by atoms with Crippen LogP contribution in [0.1, 0.15) is 0 Å². The van der Waals surface area contributed by atoms with Crippen molar-refractivity contribution < 1.29 is 53.7 Å². The fourth-order valence-corrected chi connectivity index (χ4v) is 6.62. The first-order valence-electron chi connectivity index (χ1n) is 8.61. The monoisotopic (exact) mass is 556 g/mol. The molecule has 0 saturated heterocycles. The lowest BCUT2D eigenvalue weighted by Crippen LogP contribution is -2.23. The van der Waals surface area contributed by atoms with Crippen LogP contribution < -0.4 is 15.9 Å². The largest absolute Gasteiger partial charge is 0.297 e. The summed E-state index contributed by atoms with van der Waals surface area (Å²) < 4.78 is 111. The molecule has 182 valence electrons. The van der Waals surface area contributed by atoms with E-state index in [1.54, 1.807) is 0 Å². The van der Waals surface area contributed by atoms with Crippen molar-refractivity contribution in [3.8, 4) is 0 Å². The molecule has 3 aromatic rings. The van der Waals surface area contributed by atoms with E-state index in [1.807, 2.05) is 0 Å². The molecule has 0 aliphatic carbocycles. The highest BCUT2D eigenvalue weighted by Crippen LogP contribution is 2.36. The van der Waals surface area contributed by atoms with Gasteiger partial charge in [0.2, 0.25) is 0 Å². The minimum Gasteiger partial charge on any atom is -0.282 e. The molecule has 34 heavy (non-hydrogen) atoms. The topological polar surface area (TPSA) is 147 Å². The molecule has 0 unspecified atom stereocenters. The Hall–Kier alpha value is -2.07. The molecule has 0 aliphatic heterocycles. The van der Waals surface area contributed by atoms with Gasteiger partial charge >= 0.3 is 0 Å². The number of rotatable bonds is 8. The second kappa shape index (κ2) is 10.3. The van der Waals surface area contributed by atoms with E-state index >= 15 is 0 Å². The Labute approximate surface area is 196 Å². The van der Waals surface area contributed by atoms with E-state index in [-0.39, 0.29) is 20.8 Å². The zero-order valence-electron chi connectivity index (χ0n) is 16.3. The van der Waals surface area contributed by atoms with Crippen molar-refractivity contribution in [2.75, 3.05) is 0 Å². The molecule has 0 radical (unpaired) electrons. The number of hydrogen-bond acceptors (Lipinski definition) is 8. The molecule has 3 rings (SSSR count). The Kier molecular flexibility index (Phi) is 8.02. The van der Waals surface area contributed by atoms with Crippen LogP contribution in [-0.2, 0) is 29.6 Å². The van der Waals surface area contributed by atoms with E-state index < -0.39 is 55.4 Å². The molecule has 0 atom stereocenters. The fraction of sp³-hybridized carbons (Fsp3) is 0. The third-order valence-corrected chi connectivity index (χ3v) is 9.03. The zero-order chi connectivity index (χ0) is 25.3. The molecular formula is C18H12F3O9PS3. The van der Waals surface area contributed by atoms with E-state index in [4.69, 9.17) is 14.4 Å². The molecular weight excluding hydrogens is 544 g/mol. The maximum absolute atomic E-state index is 14.6. The third kappa shape index (κ3) is 5.94. The van der Waals surface area contributed by atoms with Gasteiger partial charge in [0.1, 0.15) is 27.2 Å². The summed E-state index contributed by atoms with van der Waals surface area (Å²) in [5.41, 5.74) is 0. The van der Waals surface area contributed by atoms with Crippen LogP contribution in [0.25, 0.3) is 0 Å². The summed E-state index contributed by atoms with van der Waals surface area (Å²) in [6, 6.07) is 8.83. The first kappa shape index (κ1) is 26.5.